The number of benzene rings is 1. The van der Waals surface area contributed by atoms with Gasteiger partial charge in [-0.15, -0.1) is 0 Å². The Bertz CT molecular complexity index is 1080. The zero-order valence-corrected chi connectivity index (χ0v) is 15.4. The van der Waals surface area contributed by atoms with Crippen LogP contribution in [0.25, 0.3) is 22.4 Å². The molecule has 4 rings (SSSR count). The third-order valence-electron chi connectivity index (χ3n) is 4.60. The van der Waals surface area contributed by atoms with Gasteiger partial charge in [0.25, 0.3) is 0 Å². The summed E-state index contributed by atoms with van der Waals surface area (Å²) in [7, 11) is -3.17. The number of sulfonamides is 1. The molecule has 27 heavy (non-hydrogen) atoms. The van der Waals surface area contributed by atoms with E-state index in [0.29, 0.717) is 48.5 Å². The predicted octanol–water partition coefficient (Wildman–Crippen LogP) is 2.26. The summed E-state index contributed by atoms with van der Waals surface area (Å²) < 4.78 is 44.1. The molecule has 3 heterocycles. The molecule has 1 fully saturated rings. The van der Waals surface area contributed by atoms with Crippen molar-refractivity contribution in [3.05, 3.63) is 36.6 Å². The molecule has 2 aromatic heterocycles. The quantitative estimate of drug-likeness (QED) is 0.728. The van der Waals surface area contributed by atoms with Gasteiger partial charge in [0.1, 0.15) is 11.2 Å². The van der Waals surface area contributed by atoms with Gasteiger partial charge in [-0.1, -0.05) is 0 Å². The Kier molecular flexibility index (Phi) is 4.52. The Morgan fingerprint density at radius 3 is 2.78 bits per heavy atom. The van der Waals surface area contributed by atoms with E-state index in [-0.39, 0.29) is 11.7 Å². The minimum absolute atomic E-state index is 0.0272. The van der Waals surface area contributed by atoms with Crippen molar-refractivity contribution in [2.24, 2.45) is 0 Å². The Morgan fingerprint density at radius 2 is 2.04 bits per heavy atom. The molecular weight excluding hydrogens is 373 g/mol. The van der Waals surface area contributed by atoms with Crippen LogP contribution in [0.1, 0.15) is 12.8 Å². The molecule has 0 amide bonds. The molecule has 3 aromatic rings. The molecule has 1 N–H and O–H groups in total. The minimum atomic E-state index is -3.17. The van der Waals surface area contributed by atoms with Gasteiger partial charge in [-0.3, -0.25) is 0 Å². The number of hydrogen-bond donors (Lipinski definition) is 1. The van der Waals surface area contributed by atoms with Gasteiger partial charge in [0.2, 0.25) is 16.0 Å². The summed E-state index contributed by atoms with van der Waals surface area (Å²) in [5.74, 6) is -0.222. The molecule has 1 aliphatic rings. The van der Waals surface area contributed by atoms with Crippen molar-refractivity contribution in [2.45, 2.75) is 18.9 Å². The number of piperidine rings is 1. The second-order valence-corrected chi connectivity index (χ2v) is 8.49. The van der Waals surface area contributed by atoms with Gasteiger partial charge in [-0.25, -0.2) is 32.1 Å². The van der Waals surface area contributed by atoms with E-state index in [4.69, 9.17) is 4.42 Å². The lowest BCUT2D eigenvalue weighted by Gasteiger charge is -2.30. The molecule has 10 heteroatoms. The van der Waals surface area contributed by atoms with Gasteiger partial charge in [0, 0.05) is 24.7 Å². The SMILES string of the molecule is CS(=O)(=O)N1CCC(Nc2ncc(F)c(-c3ccc4ocnc4c3)n2)CC1. The van der Waals surface area contributed by atoms with Crippen LogP contribution in [0.15, 0.2) is 35.2 Å². The van der Waals surface area contributed by atoms with Crippen molar-refractivity contribution < 1.29 is 17.2 Å². The van der Waals surface area contributed by atoms with Gasteiger partial charge in [-0.2, -0.15) is 0 Å². The molecule has 0 saturated carbocycles. The van der Waals surface area contributed by atoms with Gasteiger partial charge in [-0.05, 0) is 31.0 Å². The fraction of sp³-hybridized carbons (Fsp3) is 0.353. The van der Waals surface area contributed by atoms with Crippen LogP contribution in [0, 0.1) is 5.82 Å². The van der Waals surface area contributed by atoms with E-state index in [1.165, 1.54) is 17.0 Å². The Morgan fingerprint density at radius 1 is 1.26 bits per heavy atom. The Hall–Kier alpha value is -2.59. The van der Waals surface area contributed by atoms with Crippen molar-refractivity contribution in [3.63, 3.8) is 0 Å². The highest BCUT2D eigenvalue weighted by atomic mass is 32.2. The number of fused-ring (bicyclic) bond motifs is 1. The van der Waals surface area contributed by atoms with Gasteiger partial charge < -0.3 is 9.73 Å². The van der Waals surface area contributed by atoms with Crippen molar-refractivity contribution in [1.29, 1.82) is 0 Å². The number of oxazole rings is 1. The van der Waals surface area contributed by atoms with E-state index in [9.17, 15) is 12.8 Å². The molecule has 1 aliphatic heterocycles. The van der Waals surface area contributed by atoms with Crippen LogP contribution in [0.2, 0.25) is 0 Å². The smallest absolute Gasteiger partial charge is 0.223 e. The fourth-order valence-corrected chi connectivity index (χ4v) is 4.03. The maximum atomic E-state index is 14.3. The monoisotopic (exact) mass is 391 g/mol. The number of halogens is 1. The maximum absolute atomic E-state index is 14.3. The topological polar surface area (TPSA) is 101 Å². The number of aromatic nitrogens is 3. The fourth-order valence-electron chi connectivity index (χ4n) is 3.16. The summed E-state index contributed by atoms with van der Waals surface area (Å²) in [5.41, 5.74) is 1.98. The number of hydrogen-bond acceptors (Lipinski definition) is 7. The second kappa shape index (κ2) is 6.86. The molecule has 142 valence electrons. The third kappa shape index (κ3) is 3.76. The molecule has 0 aliphatic carbocycles. The van der Waals surface area contributed by atoms with Crippen molar-refractivity contribution in [3.8, 4) is 11.3 Å². The number of nitrogens with one attached hydrogen (secondary N) is 1. The summed E-state index contributed by atoms with van der Waals surface area (Å²) in [5, 5.41) is 3.18. The molecular formula is C17H18FN5O3S. The average Bonchev–Trinajstić information content (AvgIpc) is 3.11. The number of nitrogens with zero attached hydrogens (tertiary/aromatic N) is 4. The number of rotatable bonds is 4. The molecule has 1 saturated heterocycles. The van der Waals surface area contributed by atoms with Gasteiger partial charge >= 0.3 is 0 Å². The zero-order valence-electron chi connectivity index (χ0n) is 14.6. The Balaban J connectivity index is 1.53. The standard InChI is InChI=1S/C17H18FN5O3S/c1-27(24,25)23-6-4-12(5-7-23)21-17-19-9-13(18)16(22-17)11-2-3-15-14(8-11)20-10-26-15/h2-3,8-10,12H,4-7H2,1H3,(H,19,21,22). The first-order chi connectivity index (χ1) is 12.9. The van der Waals surface area contributed by atoms with Crippen LogP contribution in [0.4, 0.5) is 10.3 Å². The van der Waals surface area contributed by atoms with Crippen molar-refractivity contribution in [2.75, 3.05) is 24.7 Å². The van der Waals surface area contributed by atoms with Crippen molar-refractivity contribution in [1.82, 2.24) is 19.3 Å². The van der Waals surface area contributed by atoms with E-state index in [1.807, 2.05) is 0 Å². The zero-order chi connectivity index (χ0) is 19.0. The highest BCUT2D eigenvalue weighted by Gasteiger charge is 2.25. The lowest BCUT2D eigenvalue weighted by molar-refractivity contribution is 0.331. The van der Waals surface area contributed by atoms with E-state index in [1.54, 1.807) is 18.2 Å². The molecule has 0 radical (unpaired) electrons. The van der Waals surface area contributed by atoms with E-state index >= 15 is 0 Å². The molecule has 0 atom stereocenters. The van der Waals surface area contributed by atoms with Crippen LogP contribution < -0.4 is 5.32 Å². The lowest BCUT2D eigenvalue weighted by Crippen LogP contribution is -2.42. The van der Waals surface area contributed by atoms with Gasteiger partial charge in [0.05, 0.1) is 12.5 Å². The van der Waals surface area contributed by atoms with Crippen LogP contribution in [-0.2, 0) is 10.0 Å². The van der Waals surface area contributed by atoms with Crippen LogP contribution >= 0.6 is 0 Å². The average molecular weight is 391 g/mol. The molecule has 8 nitrogen and oxygen atoms in total. The highest BCUT2D eigenvalue weighted by Crippen LogP contribution is 2.25. The van der Waals surface area contributed by atoms with Crippen molar-refractivity contribution >= 4 is 27.1 Å². The first kappa shape index (κ1) is 17.8. The summed E-state index contributed by atoms with van der Waals surface area (Å²) in [6, 6.07) is 5.17. The first-order valence-corrected chi connectivity index (χ1v) is 10.3. The second-order valence-electron chi connectivity index (χ2n) is 6.51. The first-order valence-electron chi connectivity index (χ1n) is 8.48. The lowest BCUT2D eigenvalue weighted by atomic mass is 10.1. The highest BCUT2D eigenvalue weighted by molar-refractivity contribution is 7.88. The number of anilines is 1. The maximum Gasteiger partial charge on any atom is 0.223 e. The summed E-state index contributed by atoms with van der Waals surface area (Å²) in [6.45, 7) is 0.876. The summed E-state index contributed by atoms with van der Waals surface area (Å²) >= 11 is 0. The van der Waals surface area contributed by atoms with E-state index in [0.717, 1.165) is 6.20 Å². The minimum Gasteiger partial charge on any atom is -0.443 e. The molecule has 0 spiro atoms. The normalized spacial score (nSPS) is 16.7. The molecule has 0 unspecified atom stereocenters. The summed E-state index contributed by atoms with van der Waals surface area (Å²) in [4.78, 5) is 12.4. The third-order valence-corrected chi connectivity index (χ3v) is 5.91. The predicted molar refractivity (Wildman–Crippen MR) is 98.1 cm³/mol. The van der Waals surface area contributed by atoms with Crippen LogP contribution in [0.3, 0.4) is 0 Å². The van der Waals surface area contributed by atoms with E-state index < -0.39 is 15.8 Å². The Labute approximate surface area is 155 Å². The van der Waals surface area contributed by atoms with E-state index in [2.05, 4.69) is 20.3 Å². The largest absolute Gasteiger partial charge is 0.443 e. The van der Waals surface area contributed by atoms with Crippen LogP contribution in [0.5, 0.6) is 0 Å². The van der Waals surface area contributed by atoms with Gasteiger partial charge in [0.15, 0.2) is 17.8 Å². The summed E-state index contributed by atoms with van der Waals surface area (Å²) in [6.07, 6.45) is 4.94. The molecule has 0 bridgehead atoms. The molecule has 1 aromatic carbocycles. The van der Waals surface area contributed by atoms with Crippen LogP contribution in [-0.4, -0.2) is 53.1 Å².